The number of aryl methyl sites for hydroxylation is 2. The van der Waals surface area contributed by atoms with E-state index in [4.69, 9.17) is 0 Å². The van der Waals surface area contributed by atoms with Crippen LogP contribution in [0.15, 0.2) is 22.5 Å². The van der Waals surface area contributed by atoms with Gasteiger partial charge in [-0.2, -0.15) is 9.59 Å². The summed E-state index contributed by atoms with van der Waals surface area (Å²) in [7, 11) is 3.49. The van der Waals surface area contributed by atoms with Crippen LogP contribution in [0.25, 0.3) is 0 Å². The van der Waals surface area contributed by atoms with Gasteiger partial charge >= 0.3 is 0 Å². The lowest BCUT2D eigenvalue weighted by Crippen LogP contribution is -1.91. The van der Waals surface area contributed by atoms with Crippen molar-refractivity contribution in [3.8, 4) is 0 Å². The van der Waals surface area contributed by atoms with Crippen LogP contribution in [0.5, 0.6) is 0 Å². The summed E-state index contributed by atoms with van der Waals surface area (Å²) in [6, 6.07) is 0. The van der Waals surface area contributed by atoms with E-state index in [1.54, 1.807) is 37.6 Å². The average Bonchev–Trinajstić information content (AvgIpc) is 2.93. The Bertz CT molecular complexity index is 472. The molecule has 0 N–H and O–H groups in total. The average molecular weight is 284 g/mol. The third kappa shape index (κ3) is 4.11. The van der Waals surface area contributed by atoms with Crippen LogP contribution in [0, 0.1) is 0 Å². The molecule has 18 heavy (non-hydrogen) atoms. The molecule has 0 saturated heterocycles. The third-order valence-electron chi connectivity index (χ3n) is 1.76. The van der Waals surface area contributed by atoms with Gasteiger partial charge in [-0.1, -0.05) is 35.7 Å². The fourth-order valence-electron chi connectivity index (χ4n) is 1.03. The van der Waals surface area contributed by atoms with Gasteiger partial charge in [0, 0.05) is 11.5 Å². The number of hydrogen-bond acceptors (Lipinski definition) is 8. The summed E-state index contributed by atoms with van der Waals surface area (Å²) in [5, 5.41) is 24.8. The zero-order chi connectivity index (χ0) is 12.8. The van der Waals surface area contributed by atoms with Crippen LogP contribution in [0.3, 0.4) is 0 Å². The SMILES string of the molecule is Cn1nnc(SC/C=C\CSc2nnn(C)n2)n1. The smallest absolute Gasteiger partial charge is 0.166 e. The van der Waals surface area contributed by atoms with E-state index in [2.05, 4.69) is 43.0 Å². The van der Waals surface area contributed by atoms with Gasteiger partial charge in [0.1, 0.15) is 0 Å². The molecule has 2 aromatic rings. The number of thioether (sulfide) groups is 2. The van der Waals surface area contributed by atoms with Gasteiger partial charge in [0.2, 0.25) is 10.3 Å². The quantitative estimate of drug-likeness (QED) is 0.548. The summed E-state index contributed by atoms with van der Waals surface area (Å²) < 4.78 is 0. The molecule has 0 unspecified atom stereocenters. The first-order valence-corrected chi connectivity index (χ1v) is 7.10. The molecule has 8 nitrogen and oxygen atoms in total. The second-order valence-corrected chi connectivity index (χ2v) is 5.19. The van der Waals surface area contributed by atoms with Crippen molar-refractivity contribution in [2.45, 2.75) is 10.3 Å². The van der Waals surface area contributed by atoms with Crippen LogP contribution in [0.2, 0.25) is 0 Å². The Hall–Kier alpha value is -1.42. The topological polar surface area (TPSA) is 87.2 Å². The van der Waals surface area contributed by atoms with Crippen LogP contribution in [-0.2, 0) is 14.1 Å². The third-order valence-corrected chi connectivity index (χ3v) is 3.33. The maximum atomic E-state index is 4.07. The van der Waals surface area contributed by atoms with Crippen LogP contribution in [-0.4, -0.2) is 51.9 Å². The van der Waals surface area contributed by atoms with Crippen molar-refractivity contribution >= 4 is 23.5 Å². The fourth-order valence-corrected chi connectivity index (χ4v) is 2.33. The van der Waals surface area contributed by atoms with Gasteiger partial charge in [-0.25, -0.2) is 0 Å². The summed E-state index contributed by atoms with van der Waals surface area (Å²) in [5.74, 6) is 1.64. The Morgan fingerprint density at radius 2 is 1.33 bits per heavy atom. The summed E-state index contributed by atoms with van der Waals surface area (Å²) in [5.41, 5.74) is 0. The van der Waals surface area contributed by atoms with E-state index in [0.29, 0.717) is 10.3 Å². The number of tetrazole rings is 2. The molecule has 96 valence electrons. The van der Waals surface area contributed by atoms with Gasteiger partial charge in [0.15, 0.2) is 0 Å². The second kappa shape index (κ2) is 6.50. The summed E-state index contributed by atoms with van der Waals surface area (Å²) in [6.07, 6.45) is 4.12. The lowest BCUT2D eigenvalue weighted by molar-refractivity contribution is 0.626. The minimum absolute atomic E-state index is 0.686. The molecule has 2 heterocycles. The highest BCUT2D eigenvalue weighted by Gasteiger charge is 1.99. The molecule has 0 spiro atoms. The molecule has 0 aliphatic carbocycles. The lowest BCUT2D eigenvalue weighted by atomic mass is 10.6. The molecule has 0 bridgehead atoms. The zero-order valence-electron chi connectivity index (χ0n) is 9.96. The fraction of sp³-hybridized carbons (Fsp3) is 0.500. The highest BCUT2D eigenvalue weighted by atomic mass is 32.2. The first-order chi connectivity index (χ1) is 8.74. The molecule has 2 rings (SSSR count). The van der Waals surface area contributed by atoms with Crippen LogP contribution in [0.4, 0.5) is 0 Å². The van der Waals surface area contributed by atoms with Crippen LogP contribution in [0.1, 0.15) is 0 Å². The molecule has 0 aromatic carbocycles. The van der Waals surface area contributed by atoms with Gasteiger partial charge in [0.25, 0.3) is 0 Å². The number of rotatable bonds is 6. The molecule has 2 aromatic heterocycles. The maximum Gasteiger partial charge on any atom is 0.231 e. The highest BCUT2D eigenvalue weighted by Crippen LogP contribution is 2.12. The minimum Gasteiger partial charge on any atom is -0.166 e. The monoisotopic (exact) mass is 284 g/mol. The van der Waals surface area contributed by atoms with Crippen LogP contribution >= 0.6 is 23.5 Å². The Morgan fingerprint density at radius 1 is 0.889 bits per heavy atom. The van der Waals surface area contributed by atoms with Crippen LogP contribution < -0.4 is 0 Å². The number of aromatic nitrogens is 8. The largest absolute Gasteiger partial charge is 0.231 e. The van der Waals surface area contributed by atoms with Crippen molar-refractivity contribution in [3.05, 3.63) is 12.2 Å². The number of hydrogen-bond donors (Lipinski definition) is 0. The van der Waals surface area contributed by atoms with Gasteiger partial charge in [-0.15, -0.1) is 20.4 Å². The van der Waals surface area contributed by atoms with Crippen molar-refractivity contribution in [1.29, 1.82) is 0 Å². The van der Waals surface area contributed by atoms with Crippen molar-refractivity contribution in [2.75, 3.05) is 11.5 Å². The highest BCUT2D eigenvalue weighted by molar-refractivity contribution is 7.99. The molecular formula is C8H12N8S2. The van der Waals surface area contributed by atoms with E-state index in [1.165, 1.54) is 9.59 Å². The van der Waals surface area contributed by atoms with Crippen molar-refractivity contribution in [3.63, 3.8) is 0 Å². The van der Waals surface area contributed by atoms with Crippen molar-refractivity contribution in [2.24, 2.45) is 14.1 Å². The predicted molar refractivity (Wildman–Crippen MR) is 68.2 cm³/mol. The maximum absolute atomic E-state index is 4.07. The molecular weight excluding hydrogens is 272 g/mol. The molecule has 0 aliphatic rings. The van der Waals surface area contributed by atoms with E-state index in [1.807, 2.05) is 0 Å². The van der Waals surface area contributed by atoms with Gasteiger partial charge in [-0.05, 0) is 10.4 Å². The van der Waals surface area contributed by atoms with Crippen molar-refractivity contribution < 1.29 is 0 Å². The van der Waals surface area contributed by atoms with E-state index in [0.717, 1.165) is 11.5 Å². The summed E-state index contributed by atoms with van der Waals surface area (Å²) >= 11 is 3.08. The van der Waals surface area contributed by atoms with Crippen molar-refractivity contribution in [1.82, 2.24) is 40.4 Å². The molecule has 0 radical (unpaired) electrons. The molecule has 0 fully saturated rings. The van der Waals surface area contributed by atoms with E-state index >= 15 is 0 Å². The Morgan fingerprint density at radius 3 is 1.67 bits per heavy atom. The van der Waals surface area contributed by atoms with Gasteiger partial charge in [-0.3, -0.25) is 0 Å². The first-order valence-electron chi connectivity index (χ1n) is 5.12. The van der Waals surface area contributed by atoms with E-state index < -0.39 is 0 Å². The molecule has 0 amide bonds. The second-order valence-electron chi connectivity index (χ2n) is 3.22. The lowest BCUT2D eigenvalue weighted by Gasteiger charge is -1.89. The molecule has 0 atom stereocenters. The zero-order valence-corrected chi connectivity index (χ0v) is 11.6. The van der Waals surface area contributed by atoms with Gasteiger partial charge in [0.05, 0.1) is 14.1 Å². The Balaban J connectivity index is 1.63. The minimum atomic E-state index is 0.686. The van der Waals surface area contributed by atoms with E-state index in [-0.39, 0.29) is 0 Å². The normalized spacial score (nSPS) is 11.4. The predicted octanol–water partition coefficient (Wildman–Crippen LogP) is 0.174. The Labute approximate surface area is 112 Å². The molecule has 10 heteroatoms. The molecule has 0 aliphatic heterocycles. The first kappa shape index (κ1) is 13.0. The van der Waals surface area contributed by atoms with Gasteiger partial charge < -0.3 is 0 Å². The number of nitrogens with zero attached hydrogens (tertiary/aromatic N) is 8. The molecule has 0 saturated carbocycles. The van der Waals surface area contributed by atoms with E-state index in [9.17, 15) is 0 Å². The Kier molecular flexibility index (Phi) is 4.70. The summed E-state index contributed by atoms with van der Waals surface area (Å²) in [4.78, 5) is 2.89. The standard InChI is InChI=1S/C8H12N8S2/c1-15-11-7(9-13-15)17-5-3-4-6-18-8-10-14-16(2)12-8/h3-4H,5-6H2,1-2H3/b4-3-. The summed E-state index contributed by atoms with van der Waals surface area (Å²) in [6.45, 7) is 0.